The molecule has 2 N–H and O–H groups in total. The number of nitrogens with one attached hydrogen (secondary N) is 2. The predicted octanol–water partition coefficient (Wildman–Crippen LogP) is 3.18. The van der Waals surface area contributed by atoms with Gasteiger partial charge in [0.25, 0.3) is 5.91 Å². The van der Waals surface area contributed by atoms with Gasteiger partial charge in [-0.3, -0.25) is 9.59 Å². The molecule has 9 heteroatoms. The van der Waals surface area contributed by atoms with Gasteiger partial charge in [0.05, 0.1) is 19.8 Å². The van der Waals surface area contributed by atoms with Crippen LogP contribution in [0, 0.1) is 5.82 Å². The second-order valence-corrected chi connectivity index (χ2v) is 6.38. The van der Waals surface area contributed by atoms with Gasteiger partial charge in [0.15, 0.2) is 17.3 Å². The summed E-state index contributed by atoms with van der Waals surface area (Å²) in [5, 5.41) is 9.06. The molecule has 162 valence electrons. The summed E-state index contributed by atoms with van der Waals surface area (Å²) in [6, 6.07) is 10.7. The highest BCUT2D eigenvalue weighted by Crippen LogP contribution is 2.28. The van der Waals surface area contributed by atoms with E-state index in [1.54, 1.807) is 42.7 Å². The Labute approximate surface area is 179 Å². The molecule has 2 aromatic carbocycles. The summed E-state index contributed by atoms with van der Waals surface area (Å²) >= 11 is 0. The van der Waals surface area contributed by atoms with Crippen LogP contribution in [0.15, 0.2) is 54.9 Å². The Morgan fingerprint density at radius 2 is 1.84 bits per heavy atom. The molecule has 3 aromatic rings. The molecule has 0 saturated carbocycles. The van der Waals surface area contributed by atoms with E-state index >= 15 is 0 Å². The summed E-state index contributed by atoms with van der Waals surface area (Å²) in [7, 11) is 0. The third-order valence-corrected chi connectivity index (χ3v) is 4.20. The molecule has 0 radical (unpaired) electrons. The maximum atomic E-state index is 14.3. The number of carbonyl (C=O) groups excluding carboxylic acids is 2. The number of benzene rings is 2. The van der Waals surface area contributed by atoms with Crippen LogP contribution in [0.25, 0.3) is 5.69 Å². The van der Waals surface area contributed by atoms with E-state index in [2.05, 4.69) is 15.7 Å². The van der Waals surface area contributed by atoms with Crippen molar-refractivity contribution in [1.29, 1.82) is 0 Å². The van der Waals surface area contributed by atoms with E-state index in [1.165, 1.54) is 16.8 Å². The van der Waals surface area contributed by atoms with Gasteiger partial charge in [0.1, 0.15) is 5.69 Å². The SMILES string of the molecule is CCOc1ccc(C(=O)NCC(=O)Nc2ccc(-n3cccn3)c(F)c2)cc1OCC. The van der Waals surface area contributed by atoms with Crippen LogP contribution in [0.5, 0.6) is 11.5 Å². The number of rotatable bonds is 9. The van der Waals surface area contributed by atoms with Crippen LogP contribution in [0.1, 0.15) is 24.2 Å². The lowest BCUT2D eigenvalue weighted by Gasteiger charge is -2.12. The van der Waals surface area contributed by atoms with Gasteiger partial charge < -0.3 is 20.1 Å². The number of aromatic nitrogens is 2. The van der Waals surface area contributed by atoms with Crippen molar-refractivity contribution in [2.45, 2.75) is 13.8 Å². The van der Waals surface area contributed by atoms with Crippen LogP contribution in [0.2, 0.25) is 0 Å². The fourth-order valence-electron chi connectivity index (χ4n) is 2.84. The molecular weight excluding hydrogens is 403 g/mol. The number of hydrogen-bond donors (Lipinski definition) is 2. The third kappa shape index (κ3) is 5.59. The van der Waals surface area contributed by atoms with E-state index in [0.717, 1.165) is 0 Å². The Kier molecular flexibility index (Phi) is 7.21. The van der Waals surface area contributed by atoms with E-state index in [-0.39, 0.29) is 17.9 Å². The molecule has 8 nitrogen and oxygen atoms in total. The van der Waals surface area contributed by atoms with Crippen LogP contribution >= 0.6 is 0 Å². The molecule has 0 bridgehead atoms. The molecule has 0 fully saturated rings. The normalized spacial score (nSPS) is 10.4. The Bertz CT molecular complexity index is 1050. The number of amides is 2. The zero-order chi connectivity index (χ0) is 22.2. The van der Waals surface area contributed by atoms with Crippen LogP contribution in [-0.4, -0.2) is 41.4 Å². The van der Waals surface area contributed by atoms with Gasteiger partial charge in [-0.2, -0.15) is 5.10 Å². The molecule has 0 aliphatic rings. The zero-order valence-corrected chi connectivity index (χ0v) is 17.2. The number of anilines is 1. The van der Waals surface area contributed by atoms with Crippen molar-refractivity contribution < 1.29 is 23.5 Å². The second kappa shape index (κ2) is 10.2. The molecular formula is C22H23FN4O4. The maximum Gasteiger partial charge on any atom is 0.251 e. The lowest BCUT2D eigenvalue weighted by atomic mass is 10.2. The quantitative estimate of drug-likeness (QED) is 0.548. The van der Waals surface area contributed by atoms with E-state index in [4.69, 9.17) is 9.47 Å². The summed E-state index contributed by atoms with van der Waals surface area (Å²) in [5.41, 5.74) is 0.860. The monoisotopic (exact) mass is 426 g/mol. The highest BCUT2D eigenvalue weighted by Gasteiger charge is 2.13. The van der Waals surface area contributed by atoms with Crippen LogP contribution in [0.3, 0.4) is 0 Å². The third-order valence-electron chi connectivity index (χ3n) is 4.20. The van der Waals surface area contributed by atoms with Crippen LogP contribution in [0.4, 0.5) is 10.1 Å². The van der Waals surface area contributed by atoms with Gasteiger partial charge in [-0.1, -0.05) is 0 Å². The Morgan fingerprint density at radius 3 is 2.52 bits per heavy atom. The lowest BCUT2D eigenvalue weighted by molar-refractivity contribution is -0.115. The van der Waals surface area contributed by atoms with Crippen molar-refractivity contribution >= 4 is 17.5 Å². The largest absolute Gasteiger partial charge is 0.490 e. The first kappa shape index (κ1) is 21.8. The van der Waals surface area contributed by atoms with Crippen LogP contribution in [-0.2, 0) is 4.79 Å². The van der Waals surface area contributed by atoms with Gasteiger partial charge in [-0.25, -0.2) is 9.07 Å². The Morgan fingerprint density at radius 1 is 1.06 bits per heavy atom. The van der Waals surface area contributed by atoms with Crippen molar-refractivity contribution in [1.82, 2.24) is 15.1 Å². The fourth-order valence-corrected chi connectivity index (χ4v) is 2.84. The first-order chi connectivity index (χ1) is 15.0. The molecule has 0 aliphatic heterocycles. The number of halogens is 1. The van der Waals surface area contributed by atoms with Crippen molar-refractivity contribution in [2.24, 2.45) is 0 Å². The lowest BCUT2D eigenvalue weighted by Crippen LogP contribution is -2.32. The van der Waals surface area contributed by atoms with E-state index in [0.29, 0.717) is 30.3 Å². The summed E-state index contributed by atoms with van der Waals surface area (Å²) in [6.45, 7) is 4.29. The van der Waals surface area contributed by atoms with Gasteiger partial charge >= 0.3 is 0 Å². The molecule has 31 heavy (non-hydrogen) atoms. The molecule has 0 aliphatic carbocycles. The molecule has 3 rings (SSSR count). The predicted molar refractivity (Wildman–Crippen MR) is 113 cm³/mol. The Balaban J connectivity index is 1.58. The summed E-state index contributed by atoms with van der Waals surface area (Å²) in [4.78, 5) is 24.6. The van der Waals surface area contributed by atoms with Crippen molar-refractivity contribution in [3.8, 4) is 17.2 Å². The van der Waals surface area contributed by atoms with E-state index < -0.39 is 17.6 Å². The van der Waals surface area contributed by atoms with E-state index in [9.17, 15) is 14.0 Å². The Hall–Kier alpha value is -3.88. The van der Waals surface area contributed by atoms with E-state index in [1.807, 2.05) is 13.8 Å². The van der Waals surface area contributed by atoms with Gasteiger partial charge in [0.2, 0.25) is 5.91 Å². The van der Waals surface area contributed by atoms with Crippen molar-refractivity contribution in [3.05, 3.63) is 66.2 Å². The molecule has 0 spiro atoms. The first-order valence-corrected chi connectivity index (χ1v) is 9.79. The molecule has 2 amide bonds. The highest BCUT2D eigenvalue weighted by atomic mass is 19.1. The number of ether oxygens (including phenoxy) is 2. The summed E-state index contributed by atoms with van der Waals surface area (Å²) in [5.74, 6) is -0.480. The summed E-state index contributed by atoms with van der Waals surface area (Å²) in [6.07, 6.45) is 3.16. The number of nitrogens with zero attached hydrogens (tertiary/aromatic N) is 2. The minimum absolute atomic E-state index is 0.261. The first-order valence-electron chi connectivity index (χ1n) is 9.79. The topological polar surface area (TPSA) is 94.5 Å². The number of hydrogen-bond acceptors (Lipinski definition) is 5. The molecule has 1 aromatic heterocycles. The van der Waals surface area contributed by atoms with Gasteiger partial charge in [-0.15, -0.1) is 0 Å². The fraction of sp³-hybridized carbons (Fsp3) is 0.227. The summed E-state index contributed by atoms with van der Waals surface area (Å²) < 4.78 is 26.6. The highest BCUT2D eigenvalue weighted by molar-refractivity contribution is 5.99. The molecule has 1 heterocycles. The van der Waals surface area contributed by atoms with Gasteiger partial charge in [-0.05, 0) is 56.3 Å². The van der Waals surface area contributed by atoms with Crippen molar-refractivity contribution in [2.75, 3.05) is 25.1 Å². The van der Waals surface area contributed by atoms with Gasteiger partial charge in [0, 0.05) is 23.6 Å². The molecule has 0 unspecified atom stereocenters. The molecule has 0 saturated heterocycles. The van der Waals surface area contributed by atoms with Crippen molar-refractivity contribution in [3.63, 3.8) is 0 Å². The standard InChI is InChI=1S/C22H23FN4O4/c1-3-30-19-9-6-15(12-20(19)31-4-2)22(29)24-14-21(28)26-16-7-8-18(17(23)13-16)27-11-5-10-25-27/h5-13H,3-4,14H2,1-2H3,(H,24,29)(H,26,28). The second-order valence-electron chi connectivity index (χ2n) is 6.38. The maximum absolute atomic E-state index is 14.3. The molecule has 0 atom stereocenters. The minimum Gasteiger partial charge on any atom is -0.490 e. The smallest absolute Gasteiger partial charge is 0.251 e. The average molecular weight is 426 g/mol. The minimum atomic E-state index is -0.539. The zero-order valence-electron chi connectivity index (χ0n) is 17.2. The number of carbonyl (C=O) groups is 2. The average Bonchev–Trinajstić information content (AvgIpc) is 3.28. The van der Waals surface area contributed by atoms with Crippen LogP contribution < -0.4 is 20.1 Å².